The summed E-state index contributed by atoms with van der Waals surface area (Å²) >= 11 is 0. The Balaban J connectivity index is 2.81. The van der Waals surface area contributed by atoms with E-state index in [1.807, 2.05) is 6.92 Å². The Bertz CT molecular complexity index is 531. The van der Waals surface area contributed by atoms with Gasteiger partial charge in [0.05, 0.1) is 12.8 Å². The van der Waals surface area contributed by atoms with Gasteiger partial charge in [0.1, 0.15) is 5.75 Å². The molecular formula is C16H25N3O3. The molecule has 22 heavy (non-hydrogen) atoms. The van der Waals surface area contributed by atoms with Crippen LogP contribution < -0.4 is 15.4 Å². The van der Waals surface area contributed by atoms with E-state index in [4.69, 9.17) is 4.74 Å². The van der Waals surface area contributed by atoms with E-state index in [0.717, 1.165) is 12.8 Å². The van der Waals surface area contributed by atoms with Gasteiger partial charge in [0.15, 0.2) is 0 Å². The normalized spacial score (nSPS) is 11.5. The number of nitrogens with one attached hydrogen (secondary N) is 2. The summed E-state index contributed by atoms with van der Waals surface area (Å²) in [5.41, 5.74) is 1.19. The summed E-state index contributed by atoms with van der Waals surface area (Å²) in [5.74, 6) is 0.320. The van der Waals surface area contributed by atoms with Crippen LogP contribution in [0.5, 0.6) is 5.75 Å². The lowest BCUT2D eigenvalue weighted by Crippen LogP contribution is -2.38. The number of methoxy groups -OCH3 is 1. The molecule has 0 fully saturated rings. The van der Waals surface area contributed by atoms with Gasteiger partial charge in [-0.05, 0) is 25.5 Å². The molecular weight excluding hydrogens is 282 g/mol. The molecule has 0 saturated heterocycles. The van der Waals surface area contributed by atoms with Crippen LogP contribution in [-0.4, -0.2) is 37.0 Å². The van der Waals surface area contributed by atoms with Crippen molar-refractivity contribution in [3.63, 3.8) is 0 Å². The standard InChI is InChI=1S/C16H25N3O3/c1-6-7-11(2)19(4)16(21)18-13-8-9-14(17-12(3)20)15(10-13)22-5/h8-11H,6-7H2,1-5H3,(H,17,20)(H,18,21)/t11-/m0/s1. The van der Waals surface area contributed by atoms with E-state index >= 15 is 0 Å². The molecule has 1 aromatic carbocycles. The molecule has 0 unspecified atom stereocenters. The third-order valence-electron chi connectivity index (χ3n) is 3.45. The average Bonchev–Trinajstić information content (AvgIpc) is 2.47. The molecule has 0 saturated carbocycles. The first kappa shape index (κ1) is 17.8. The summed E-state index contributed by atoms with van der Waals surface area (Å²) in [6, 6.07) is 5.11. The average molecular weight is 307 g/mol. The Hall–Kier alpha value is -2.24. The van der Waals surface area contributed by atoms with Gasteiger partial charge in [0.25, 0.3) is 0 Å². The number of benzene rings is 1. The van der Waals surface area contributed by atoms with Gasteiger partial charge in [-0.1, -0.05) is 13.3 Å². The van der Waals surface area contributed by atoms with Crippen LogP contribution in [0.2, 0.25) is 0 Å². The monoisotopic (exact) mass is 307 g/mol. The number of carbonyl (C=O) groups is 2. The van der Waals surface area contributed by atoms with Crippen molar-refractivity contribution in [1.29, 1.82) is 0 Å². The van der Waals surface area contributed by atoms with Crippen molar-refractivity contribution in [2.75, 3.05) is 24.8 Å². The van der Waals surface area contributed by atoms with Crippen molar-refractivity contribution in [2.24, 2.45) is 0 Å². The summed E-state index contributed by atoms with van der Waals surface area (Å²) in [4.78, 5) is 25.0. The molecule has 0 radical (unpaired) electrons. The van der Waals surface area contributed by atoms with Gasteiger partial charge >= 0.3 is 6.03 Å². The fourth-order valence-electron chi connectivity index (χ4n) is 2.09. The molecule has 0 aliphatic carbocycles. The minimum absolute atomic E-state index is 0.171. The lowest BCUT2D eigenvalue weighted by atomic mass is 10.2. The number of amides is 3. The summed E-state index contributed by atoms with van der Waals surface area (Å²) < 4.78 is 5.24. The molecule has 6 nitrogen and oxygen atoms in total. The second-order valence-corrected chi connectivity index (χ2v) is 5.28. The highest BCUT2D eigenvalue weighted by Crippen LogP contribution is 2.28. The van der Waals surface area contributed by atoms with Gasteiger partial charge in [-0.2, -0.15) is 0 Å². The van der Waals surface area contributed by atoms with E-state index in [1.165, 1.54) is 14.0 Å². The molecule has 6 heteroatoms. The fourth-order valence-corrected chi connectivity index (χ4v) is 2.09. The molecule has 1 aromatic rings. The zero-order chi connectivity index (χ0) is 16.7. The fraction of sp³-hybridized carbons (Fsp3) is 0.500. The van der Waals surface area contributed by atoms with Crippen LogP contribution in [0.3, 0.4) is 0 Å². The first-order valence-corrected chi connectivity index (χ1v) is 7.38. The molecule has 0 bridgehead atoms. The van der Waals surface area contributed by atoms with Crippen molar-refractivity contribution in [2.45, 2.75) is 39.7 Å². The second kappa shape index (κ2) is 8.26. The third-order valence-corrected chi connectivity index (χ3v) is 3.45. The van der Waals surface area contributed by atoms with Crippen LogP contribution in [0.1, 0.15) is 33.6 Å². The summed E-state index contributed by atoms with van der Waals surface area (Å²) in [5, 5.41) is 5.51. The number of rotatable bonds is 6. The van der Waals surface area contributed by atoms with E-state index in [1.54, 1.807) is 30.1 Å². The number of carbonyl (C=O) groups excluding carboxylic acids is 2. The lowest BCUT2D eigenvalue weighted by molar-refractivity contribution is -0.114. The Morgan fingerprint density at radius 3 is 2.55 bits per heavy atom. The van der Waals surface area contributed by atoms with Gasteiger partial charge in [0.2, 0.25) is 5.91 Å². The molecule has 0 aliphatic heterocycles. The van der Waals surface area contributed by atoms with E-state index in [2.05, 4.69) is 17.6 Å². The second-order valence-electron chi connectivity index (χ2n) is 5.28. The van der Waals surface area contributed by atoms with E-state index in [-0.39, 0.29) is 18.0 Å². The van der Waals surface area contributed by atoms with Crippen molar-refractivity contribution < 1.29 is 14.3 Å². The molecule has 0 aliphatic rings. The van der Waals surface area contributed by atoms with Crippen molar-refractivity contribution in [3.05, 3.63) is 18.2 Å². The minimum Gasteiger partial charge on any atom is -0.494 e. The highest BCUT2D eigenvalue weighted by molar-refractivity contribution is 5.93. The molecule has 3 amide bonds. The minimum atomic E-state index is -0.178. The van der Waals surface area contributed by atoms with Gasteiger partial charge in [-0.3, -0.25) is 4.79 Å². The first-order valence-electron chi connectivity index (χ1n) is 7.38. The topological polar surface area (TPSA) is 70.7 Å². The van der Waals surface area contributed by atoms with E-state index in [0.29, 0.717) is 17.1 Å². The quantitative estimate of drug-likeness (QED) is 0.847. The number of anilines is 2. The largest absolute Gasteiger partial charge is 0.494 e. The zero-order valence-corrected chi connectivity index (χ0v) is 13.9. The maximum Gasteiger partial charge on any atom is 0.321 e. The van der Waals surface area contributed by atoms with Crippen LogP contribution in [0.15, 0.2) is 18.2 Å². The first-order chi connectivity index (χ1) is 10.4. The van der Waals surface area contributed by atoms with Crippen LogP contribution in [0.25, 0.3) is 0 Å². The highest BCUT2D eigenvalue weighted by Gasteiger charge is 2.15. The molecule has 0 heterocycles. The van der Waals surface area contributed by atoms with Crippen molar-refractivity contribution in [1.82, 2.24) is 4.90 Å². The van der Waals surface area contributed by atoms with Crippen LogP contribution in [0, 0.1) is 0 Å². The Labute approximate surface area is 131 Å². The summed E-state index contributed by atoms with van der Waals surface area (Å²) in [7, 11) is 3.29. The highest BCUT2D eigenvalue weighted by atomic mass is 16.5. The molecule has 0 aromatic heterocycles. The van der Waals surface area contributed by atoms with Gasteiger partial charge < -0.3 is 20.3 Å². The Kier molecular flexibility index (Phi) is 6.69. The van der Waals surface area contributed by atoms with Gasteiger partial charge in [-0.15, -0.1) is 0 Å². The van der Waals surface area contributed by atoms with Crippen LogP contribution in [-0.2, 0) is 4.79 Å². The lowest BCUT2D eigenvalue weighted by Gasteiger charge is -2.25. The predicted molar refractivity (Wildman–Crippen MR) is 88.4 cm³/mol. The number of hydrogen-bond acceptors (Lipinski definition) is 3. The Morgan fingerprint density at radius 2 is 2.00 bits per heavy atom. The van der Waals surface area contributed by atoms with E-state index in [9.17, 15) is 9.59 Å². The van der Waals surface area contributed by atoms with E-state index < -0.39 is 0 Å². The van der Waals surface area contributed by atoms with Crippen LogP contribution in [0.4, 0.5) is 16.2 Å². The van der Waals surface area contributed by atoms with Crippen LogP contribution >= 0.6 is 0 Å². The van der Waals surface area contributed by atoms with Gasteiger partial charge in [0, 0.05) is 31.8 Å². The summed E-state index contributed by atoms with van der Waals surface area (Å²) in [6.45, 7) is 5.54. The molecule has 1 atom stereocenters. The number of ether oxygens (including phenoxy) is 1. The number of urea groups is 1. The molecule has 1 rings (SSSR count). The molecule has 0 spiro atoms. The molecule has 122 valence electrons. The summed E-state index contributed by atoms with van der Waals surface area (Å²) in [6.07, 6.45) is 1.98. The van der Waals surface area contributed by atoms with Gasteiger partial charge in [-0.25, -0.2) is 4.79 Å². The number of hydrogen-bond donors (Lipinski definition) is 2. The number of nitrogens with zero attached hydrogens (tertiary/aromatic N) is 1. The smallest absolute Gasteiger partial charge is 0.321 e. The molecule has 2 N–H and O–H groups in total. The third kappa shape index (κ3) is 4.95. The zero-order valence-electron chi connectivity index (χ0n) is 13.9. The maximum atomic E-state index is 12.2. The Morgan fingerprint density at radius 1 is 1.32 bits per heavy atom. The SMILES string of the molecule is CCC[C@H](C)N(C)C(=O)Nc1ccc(NC(C)=O)c(OC)c1. The van der Waals surface area contributed by atoms with Crippen molar-refractivity contribution >= 4 is 23.3 Å². The van der Waals surface area contributed by atoms with Crippen molar-refractivity contribution in [3.8, 4) is 5.75 Å². The predicted octanol–water partition coefficient (Wildman–Crippen LogP) is 3.31. The maximum absolute atomic E-state index is 12.2.